The zero-order valence-corrected chi connectivity index (χ0v) is 17.2. The van der Waals surface area contributed by atoms with E-state index in [1.165, 1.54) is 7.11 Å². The van der Waals surface area contributed by atoms with Crippen LogP contribution in [0.5, 0.6) is 0 Å². The van der Waals surface area contributed by atoms with Crippen molar-refractivity contribution in [2.24, 2.45) is 0 Å². The average molecular weight is 451 g/mol. The van der Waals surface area contributed by atoms with Gasteiger partial charge in [0.05, 0.1) is 30.0 Å². The van der Waals surface area contributed by atoms with Crippen LogP contribution in [0.4, 0.5) is 8.78 Å². The van der Waals surface area contributed by atoms with Gasteiger partial charge in [0, 0.05) is 29.2 Å². The van der Waals surface area contributed by atoms with E-state index < -0.39 is 19.1 Å². The van der Waals surface area contributed by atoms with E-state index in [2.05, 4.69) is 31.1 Å². The van der Waals surface area contributed by atoms with Gasteiger partial charge >= 0.3 is 0 Å². The van der Waals surface area contributed by atoms with Crippen LogP contribution in [0.3, 0.4) is 0 Å². The first kappa shape index (κ1) is 19.4. The minimum absolute atomic E-state index is 0.0915. The van der Waals surface area contributed by atoms with Crippen molar-refractivity contribution in [2.75, 3.05) is 20.3 Å². The molecule has 4 rings (SSSR count). The van der Waals surface area contributed by atoms with Gasteiger partial charge in [-0.3, -0.25) is 15.0 Å². The molecule has 0 fully saturated rings. The molecule has 8 heteroatoms. The number of H-pyrrole nitrogens is 1. The number of hydrogen-bond acceptors (Lipinski definition) is 4. The van der Waals surface area contributed by atoms with Gasteiger partial charge in [-0.15, -0.1) is 0 Å². The van der Waals surface area contributed by atoms with Gasteiger partial charge in [0.1, 0.15) is 6.61 Å². The van der Waals surface area contributed by atoms with Crippen molar-refractivity contribution in [3.63, 3.8) is 0 Å². The lowest BCUT2D eigenvalue weighted by molar-refractivity contribution is -0.0962. The zero-order valence-electron chi connectivity index (χ0n) is 15.6. The highest BCUT2D eigenvalue weighted by atomic mass is 79.9. The number of fused-ring (bicyclic) bond motifs is 3. The van der Waals surface area contributed by atoms with Crippen molar-refractivity contribution in [1.29, 1.82) is 0 Å². The molecule has 5 nitrogen and oxygen atoms in total. The van der Waals surface area contributed by atoms with E-state index in [0.717, 1.165) is 32.2 Å². The molecule has 1 aromatic carbocycles. The van der Waals surface area contributed by atoms with E-state index in [9.17, 15) is 8.78 Å². The van der Waals surface area contributed by atoms with Crippen LogP contribution < -0.4 is 0 Å². The van der Waals surface area contributed by atoms with Gasteiger partial charge in [0.2, 0.25) is 0 Å². The summed E-state index contributed by atoms with van der Waals surface area (Å²) in [6, 6.07) is 7.27. The van der Waals surface area contributed by atoms with E-state index in [-0.39, 0.29) is 12.1 Å². The summed E-state index contributed by atoms with van der Waals surface area (Å²) in [5, 5.41) is 8.18. The minimum atomic E-state index is -2.95. The number of halogens is 3. The summed E-state index contributed by atoms with van der Waals surface area (Å²) in [5.74, 6) is -2.95. The number of aromatic amines is 1. The van der Waals surface area contributed by atoms with Crippen LogP contribution in [-0.4, -0.2) is 52.3 Å². The van der Waals surface area contributed by atoms with Gasteiger partial charge in [-0.05, 0) is 58.6 Å². The molecule has 2 atom stereocenters. The Labute approximate surface area is 170 Å². The highest BCUT2D eigenvalue weighted by Gasteiger charge is 2.41. The fraction of sp³-hybridized carbons (Fsp3) is 0.400. The van der Waals surface area contributed by atoms with E-state index >= 15 is 0 Å². The maximum absolute atomic E-state index is 14.5. The normalized spacial score (nSPS) is 20.5. The number of aromatic nitrogens is 3. The van der Waals surface area contributed by atoms with Gasteiger partial charge in [-0.2, -0.15) is 5.10 Å². The van der Waals surface area contributed by atoms with E-state index in [1.807, 2.05) is 42.3 Å². The summed E-state index contributed by atoms with van der Waals surface area (Å²) >= 11 is 3.40. The first-order valence-corrected chi connectivity index (χ1v) is 9.88. The predicted octanol–water partition coefficient (Wildman–Crippen LogP) is 4.34. The number of ether oxygens (including phenoxy) is 1. The molecule has 0 spiro atoms. The van der Waals surface area contributed by atoms with Crippen LogP contribution in [-0.2, 0) is 11.2 Å². The van der Waals surface area contributed by atoms with Crippen molar-refractivity contribution >= 4 is 26.8 Å². The minimum Gasteiger partial charge on any atom is -0.378 e. The Balaban J connectivity index is 1.84. The van der Waals surface area contributed by atoms with Crippen molar-refractivity contribution in [2.45, 2.75) is 31.4 Å². The summed E-state index contributed by atoms with van der Waals surface area (Å²) < 4.78 is 34.6. The second-order valence-corrected chi connectivity index (χ2v) is 8.20. The molecule has 2 aromatic heterocycles. The van der Waals surface area contributed by atoms with Crippen LogP contribution in [0, 0.1) is 0 Å². The molecular weight excluding hydrogens is 430 g/mol. The van der Waals surface area contributed by atoms with Crippen molar-refractivity contribution in [3.8, 4) is 0 Å². The Hall–Kier alpha value is -1.90. The number of methoxy groups -OCH3 is 1. The summed E-state index contributed by atoms with van der Waals surface area (Å²) in [6.07, 6.45) is 4.18. The van der Waals surface area contributed by atoms with E-state index in [1.54, 1.807) is 6.20 Å². The SMILES string of the molecule is COCC(F)(F)CN1C(C)Cc2c(ccc3[nH]ncc23)[C@H]1c1ccc(Br)cn1. The zero-order chi connectivity index (χ0) is 19.9. The molecule has 0 saturated heterocycles. The summed E-state index contributed by atoms with van der Waals surface area (Å²) in [4.78, 5) is 6.38. The molecule has 1 aliphatic heterocycles. The Morgan fingerprint density at radius 3 is 2.82 bits per heavy atom. The molecular formula is C20H21BrF2N4O. The third-order valence-electron chi connectivity index (χ3n) is 5.26. The van der Waals surface area contributed by atoms with Gasteiger partial charge in [-0.1, -0.05) is 6.07 Å². The summed E-state index contributed by atoms with van der Waals surface area (Å²) in [5.41, 5.74) is 3.83. The lowest BCUT2D eigenvalue weighted by Gasteiger charge is -2.43. The van der Waals surface area contributed by atoms with Crippen LogP contribution in [0.25, 0.3) is 10.9 Å². The highest BCUT2D eigenvalue weighted by molar-refractivity contribution is 9.10. The largest absolute Gasteiger partial charge is 0.378 e. The first-order chi connectivity index (χ1) is 13.4. The molecule has 3 aromatic rings. The van der Waals surface area contributed by atoms with Crippen LogP contribution >= 0.6 is 15.9 Å². The van der Waals surface area contributed by atoms with Crippen molar-refractivity contribution in [3.05, 3.63) is 58.0 Å². The monoisotopic (exact) mass is 450 g/mol. The number of nitrogens with one attached hydrogen (secondary N) is 1. The van der Waals surface area contributed by atoms with Crippen molar-refractivity contribution < 1.29 is 13.5 Å². The number of alkyl halides is 2. The maximum atomic E-state index is 14.5. The van der Waals surface area contributed by atoms with Gasteiger partial charge in [0.25, 0.3) is 5.92 Å². The molecule has 0 saturated carbocycles. The van der Waals surface area contributed by atoms with E-state index in [4.69, 9.17) is 4.74 Å². The lowest BCUT2D eigenvalue weighted by Crippen LogP contribution is -2.49. The molecule has 28 heavy (non-hydrogen) atoms. The average Bonchev–Trinajstić information content (AvgIpc) is 3.12. The lowest BCUT2D eigenvalue weighted by atomic mass is 9.85. The molecule has 0 aliphatic carbocycles. The van der Waals surface area contributed by atoms with Gasteiger partial charge < -0.3 is 4.74 Å². The Bertz CT molecular complexity index is 976. The van der Waals surface area contributed by atoms with Crippen LogP contribution in [0.2, 0.25) is 0 Å². The Morgan fingerprint density at radius 1 is 1.29 bits per heavy atom. The summed E-state index contributed by atoms with van der Waals surface area (Å²) in [6.45, 7) is 0.980. The number of nitrogens with zero attached hydrogens (tertiary/aromatic N) is 3. The number of hydrogen-bond donors (Lipinski definition) is 1. The third-order valence-corrected chi connectivity index (χ3v) is 5.73. The molecule has 1 unspecified atom stereocenters. The molecule has 1 N–H and O–H groups in total. The quantitative estimate of drug-likeness (QED) is 0.628. The number of rotatable bonds is 5. The number of benzene rings is 1. The molecule has 0 amide bonds. The number of pyridine rings is 1. The Morgan fingerprint density at radius 2 is 2.11 bits per heavy atom. The first-order valence-electron chi connectivity index (χ1n) is 9.08. The van der Waals surface area contributed by atoms with Crippen molar-refractivity contribution in [1.82, 2.24) is 20.1 Å². The molecule has 0 radical (unpaired) electrons. The molecule has 148 valence electrons. The van der Waals surface area contributed by atoms with E-state index in [0.29, 0.717) is 6.42 Å². The smallest absolute Gasteiger partial charge is 0.283 e. The van der Waals surface area contributed by atoms with Crippen LogP contribution in [0.15, 0.2) is 41.1 Å². The standard InChI is InChI=1S/C20H21BrF2N4O/c1-12-7-15-14(4-6-17-16(15)9-25-26-17)19(18-5-3-13(21)8-24-18)27(12)10-20(22,23)11-28-2/h3-6,8-9,12,19H,7,10-11H2,1-2H3,(H,25,26)/t12?,19-/m0/s1. The molecule has 3 heterocycles. The van der Waals surface area contributed by atoms with Gasteiger partial charge in [0.15, 0.2) is 0 Å². The topological polar surface area (TPSA) is 54.0 Å². The highest BCUT2D eigenvalue weighted by Crippen LogP contribution is 2.41. The molecule has 0 bridgehead atoms. The molecule has 1 aliphatic rings. The van der Waals surface area contributed by atoms with Crippen LogP contribution in [0.1, 0.15) is 29.8 Å². The summed E-state index contributed by atoms with van der Waals surface area (Å²) in [7, 11) is 1.30. The fourth-order valence-electron chi connectivity index (χ4n) is 4.07. The predicted molar refractivity (Wildman–Crippen MR) is 107 cm³/mol. The van der Waals surface area contributed by atoms with Gasteiger partial charge in [-0.25, -0.2) is 8.78 Å². The fourth-order valence-corrected chi connectivity index (χ4v) is 4.31. The third kappa shape index (κ3) is 3.56. The maximum Gasteiger partial charge on any atom is 0.283 e. The Kier molecular flexibility index (Phi) is 5.20. The second kappa shape index (κ2) is 7.50. The second-order valence-electron chi connectivity index (χ2n) is 7.28.